The number of nitrogens with zero attached hydrogens (tertiary/aromatic N) is 6. The van der Waals surface area contributed by atoms with Crippen LogP contribution in [0, 0.1) is 5.92 Å². The van der Waals surface area contributed by atoms with Crippen LogP contribution in [0.1, 0.15) is 48.7 Å². The summed E-state index contributed by atoms with van der Waals surface area (Å²) in [6.07, 6.45) is 4.83. The second kappa shape index (κ2) is 12.8. The van der Waals surface area contributed by atoms with Gasteiger partial charge in [-0.3, -0.25) is 23.9 Å². The Balaban J connectivity index is 1.27. The summed E-state index contributed by atoms with van der Waals surface area (Å²) in [6.45, 7) is 5.28. The maximum atomic E-state index is 13.6. The molecule has 11 heteroatoms. The van der Waals surface area contributed by atoms with E-state index in [-0.39, 0.29) is 23.3 Å². The van der Waals surface area contributed by atoms with Crippen molar-refractivity contribution >= 4 is 23.1 Å². The van der Waals surface area contributed by atoms with E-state index in [0.29, 0.717) is 36.0 Å². The molecule has 1 fully saturated rings. The molecule has 4 aromatic heterocycles. The van der Waals surface area contributed by atoms with E-state index >= 15 is 0 Å². The molecule has 11 nitrogen and oxygen atoms in total. The Labute approximate surface area is 282 Å². The van der Waals surface area contributed by atoms with E-state index in [0.717, 1.165) is 46.3 Å². The molecular weight excluding hydrogens is 616 g/mol. The lowest BCUT2D eigenvalue weighted by Gasteiger charge is -2.33. The number of primary amides is 1. The summed E-state index contributed by atoms with van der Waals surface area (Å²) in [5.41, 5.74) is 18.4. The predicted octanol–water partition coefficient (Wildman–Crippen LogP) is 5.32. The van der Waals surface area contributed by atoms with E-state index in [1.807, 2.05) is 77.9 Å². The molecule has 2 aromatic carbocycles. The number of carbonyl (C=O) groups excluding carboxylic acids is 2. The number of hydrogen-bond donors (Lipinski definition) is 2. The summed E-state index contributed by atoms with van der Waals surface area (Å²) in [4.78, 5) is 49.2. The average Bonchev–Trinajstić information content (AvgIpc) is 3.52. The molecule has 5 heterocycles. The van der Waals surface area contributed by atoms with E-state index in [4.69, 9.17) is 16.5 Å². The zero-order valence-corrected chi connectivity index (χ0v) is 27.3. The predicted molar refractivity (Wildman–Crippen MR) is 189 cm³/mol. The minimum absolute atomic E-state index is 0.0215. The fraction of sp³-hybridized carbons (Fsp3) is 0.211. The van der Waals surface area contributed by atoms with E-state index < -0.39 is 11.5 Å². The van der Waals surface area contributed by atoms with Crippen molar-refractivity contribution < 1.29 is 9.59 Å². The zero-order chi connectivity index (χ0) is 34.2. The number of hydrogen-bond acceptors (Lipinski definition) is 7. The number of likely N-dealkylation sites (tertiary alicyclic amines) is 1. The van der Waals surface area contributed by atoms with Crippen molar-refractivity contribution in [3.8, 4) is 39.3 Å². The second-order valence-electron chi connectivity index (χ2n) is 12.6. The molecule has 0 spiro atoms. The minimum Gasteiger partial charge on any atom is -0.382 e. The zero-order valence-electron chi connectivity index (χ0n) is 27.3. The first-order valence-electron chi connectivity index (χ1n) is 16.3. The summed E-state index contributed by atoms with van der Waals surface area (Å²) < 4.78 is 3.37. The molecule has 1 aliphatic rings. The Bertz CT molecular complexity index is 2250. The number of carbonyl (C=O) groups is 2. The van der Waals surface area contributed by atoms with Gasteiger partial charge in [0.25, 0.3) is 11.5 Å². The number of anilines is 1. The molecule has 0 unspecified atom stereocenters. The summed E-state index contributed by atoms with van der Waals surface area (Å²) >= 11 is 0. The first-order valence-corrected chi connectivity index (χ1v) is 16.3. The van der Waals surface area contributed by atoms with Crippen LogP contribution in [0.2, 0.25) is 0 Å². The lowest BCUT2D eigenvalue weighted by Crippen LogP contribution is -2.40. The number of rotatable bonds is 7. The quantitative estimate of drug-likeness (QED) is 0.237. The van der Waals surface area contributed by atoms with Crippen LogP contribution in [0.4, 0.5) is 5.82 Å². The molecule has 1 saturated heterocycles. The van der Waals surface area contributed by atoms with Crippen molar-refractivity contribution in [1.29, 1.82) is 0 Å². The van der Waals surface area contributed by atoms with Gasteiger partial charge in [-0.1, -0.05) is 62.4 Å². The van der Waals surface area contributed by atoms with Crippen LogP contribution in [-0.4, -0.2) is 54.0 Å². The largest absolute Gasteiger partial charge is 0.382 e. The number of aromatic nitrogens is 5. The van der Waals surface area contributed by atoms with Gasteiger partial charge < -0.3 is 16.4 Å². The number of nitrogens with two attached hydrogens (primary N) is 2. The highest BCUT2D eigenvalue weighted by Crippen LogP contribution is 2.38. The van der Waals surface area contributed by atoms with Crippen molar-refractivity contribution in [3.63, 3.8) is 0 Å². The highest BCUT2D eigenvalue weighted by Gasteiger charge is 2.28. The first-order chi connectivity index (χ1) is 23.7. The van der Waals surface area contributed by atoms with Gasteiger partial charge in [0.15, 0.2) is 5.82 Å². The number of nitrogen functional groups attached to an aromatic ring is 1. The highest BCUT2D eigenvalue weighted by atomic mass is 16.2. The molecular formula is C38H36N8O3. The van der Waals surface area contributed by atoms with Crippen molar-refractivity contribution in [3.05, 3.63) is 119 Å². The van der Waals surface area contributed by atoms with Crippen LogP contribution >= 0.6 is 0 Å². The Morgan fingerprint density at radius 1 is 0.857 bits per heavy atom. The van der Waals surface area contributed by atoms with Crippen molar-refractivity contribution in [2.45, 2.75) is 32.6 Å². The van der Waals surface area contributed by atoms with Gasteiger partial charge in [0, 0.05) is 53.6 Å². The van der Waals surface area contributed by atoms with Crippen LogP contribution < -0.4 is 17.0 Å². The van der Waals surface area contributed by atoms with Crippen LogP contribution in [0.25, 0.3) is 44.8 Å². The molecule has 2 amide bonds. The molecule has 49 heavy (non-hydrogen) atoms. The Hall–Kier alpha value is -6.10. The third-order valence-electron chi connectivity index (χ3n) is 9.25. The fourth-order valence-corrected chi connectivity index (χ4v) is 6.78. The molecule has 6 aromatic rings. The highest BCUT2D eigenvalue weighted by molar-refractivity contribution is 5.93. The Morgan fingerprint density at radius 2 is 1.55 bits per heavy atom. The molecule has 4 N–H and O–H groups in total. The summed E-state index contributed by atoms with van der Waals surface area (Å²) in [6, 6.07) is 26.3. The van der Waals surface area contributed by atoms with Gasteiger partial charge in [-0.15, -0.1) is 0 Å². The van der Waals surface area contributed by atoms with Crippen LogP contribution in [-0.2, 0) is 4.79 Å². The molecule has 0 radical (unpaired) electrons. The van der Waals surface area contributed by atoms with E-state index in [1.165, 1.54) is 17.0 Å². The molecule has 0 bridgehead atoms. The minimum atomic E-state index is -0.794. The second-order valence-corrected chi connectivity index (χ2v) is 12.6. The number of amides is 2. The normalized spacial score (nSPS) is 13.7. The average molecular weight is 653 g/mol. The topological polar surface area (TPSA) is 154 Å². The van der Waals surface area contributed by atoms with Crippen LogP contribution in [0.3, 0.4) is 0 Å². The number of fused-ring (bicyclic) bond motifs is 1. The molecule has 1 aliphatic heterocycles. The standard InChI is InChI=1S/C38H36N8O3/c1-23(2)37(48)44-19-16-26(17-20-44)32-21-30(34-35(39)42-22-43-46(32)34)25-12-10-24(11-13-25)28-9-6-18-41-33(28)31-15-14-29(36(40)47)38(49)45(31)27-7-4-3-5-8-27/h3-15,18,21-23,26H,16-17,19-20H2,1-2H3,(H2,40,47)(H2,39,42,43). The summed E-state index contributed by atoms with van der Waals surface area (Å²) in [5, 5.41) is 4.59. The van der Waals surface area contributed by atoms with Gasteiger partial charge in [-0.25, -0.2) is 9.50 Å². The van der Waals surface area contributed by atoms with Gasteiger partial charge >= 0.3 is 0 Å². The van der Waals surface area contributed by atoms with Crippen LogP contribution in [0.5, 0.6) is 0 Å². The maximum Gasteiger partial charge on any atom is 0.268 e. The lowest BCUT2D eigenvalue weighted by atomic mass is 9.92. The smallest absolute Gasteiger partial charge is 0.268 e. The third-order valence-corrected chi connectivity index (χ3v) is 9.25. The number of piperidine rings is 1. The number of pyridine rings is 2. The van der Waals surface area contributed by atoms with Gasteiger partial charge in [0.1, 0.15) is 17.4 Å². The number of para-hydroxylation sites is 1. The maximum absolute atomic E-state index is 13.6. The molecule has 246 valence electrons. The first kappa shape index (κ1) is 31.5. The molecule has 0 atom stereocenters. The third kappa shape index (κ3) is 5.73. The summed E-state index contributed by atoms with van der Waals surface area (Å²) in [5.74, 6) is -0.0229. The fourth-order valence-electron chi connectivity index (χ4n) is 6.78. The Morgan fingerprint density at radius 3 is 2.22 bits per heavy atom. The number of benzene rings is 2. The Kier molecular flexibility index (Phi) is 8.25. The van der Waals surface area contributed by atoms with Crippen molar-refractivity contribution in [2.24, 2.45) is 11.7 Å². The van der Waals surface area contributed by atoms with Crippen molar-refractivity contribution in [1.82, 2.24) is 29.0 Å². The lowest BCUT2D eigenvalue weighted by molar-refractivity contribution is -0.135. The van der Waals surface area contributed by atoms with E-state index in [1.54, 1.807) is 24.4 Å². The molecule has 0 saturated carbocycles. The molecule has 0 aliphatic carbocycles. The van der Waals surface area contributed by atoms with E-state index in [9.17, 15) is 14.4 Å². The van der Waals surface area contributed by atoms with Gasteiger partial charge in [0.05, 0.1) is 11.4 Å². The van der Waals surface area contributed by atoms with Gasteiger partial charge in [-0.05, 0) is 60.4 Å². The SMILES string of the molecule is CC(C)C(=O)N1CCC(c2cc(-c3ccc(-c4cccnc4-c4ccc(C(N)=O)c(=O)n4-c4ccccc4)cc3)c3c(N)ncnn23)CC1. The monoisotopic (exact) mass is 652 g/mol. The van der Waals surface area contributed by atoms with Crippen molar-refractivity contribution in [2.75, 3.05) is 18.8 Å². The van der Waals surface area contributed by atoms with Crippen LogP contribution in [0.15, 0.2) is 102 Å². The van der Waals surface area contributed by atoms with Gasteiger partial charge in [-0.2, -0.15) is 5.10 Å². The van der Waals surface area contributed by atoms with Gasteiger partial charge in [0.2, 0.25) is 5.91 Å². The summed E-state index contributed by atoms with van der Waals surface area (Å²) in [7, 11) is 0. The molecule has 7 rings (SSSR count). The van der Waals surface area contributed by atoms with E-state index in [2.05, 4.69) is 16.1 Å².